The minimum Gasteiger partial charge on any atom is -0.476 e. The van der Waals surface area contributed by atoms with Gasteiger partial charge in [0.2, 0.25) is 5.82 Å². The van der Waals surface area contributed by atoms with Crippen LogP contribution in [0.2, 0.25) is 0 Å². The number of aliphatic hydroxyl groups excluding tert-OH is 1. The minimum absolute atomic E-state index is 0.0443. The van der Waals surface area contributed by atoms with E-state index < -0.39 is 4.92 Å². The Morgan fingerprint density at radius 1 is 1.42 bits per heavy atom. The van der Waals surface area contributed by atoms with Gasteiger partial charge in [0.15, 0.2) is 0 Å². The van der Waals surface area contributed by atoms with E-state index in [1.165, 1.54) is 13.4 Å². The summed E-state index contributed by atoms with van der Waals surface area (Å²) in [6.45, 7) is 0.770. The third kappa shape index (κ3) is 4.02. The van der Waals surface area contributed by atoms with Crippen LogP contribution in [-0.2, 0) is 0 Å². The molecule has 0 fully saturated rings. The van der Waals surface area contributed by atoms with Crippen molar-refractivity contribution in [2.75, 3.05) is 32.2 Å². The summed E-state index contributed by atoms with van der Waals surface area (Å²) >= 11 is 0. The van der Waals surface area contributed by atoms with Crippen LogP contribution >= 0.6 is 0 Å². The molecule has 0 aromatic carbocycles. The molecule has 0 spiro atoms. The molecule has 106 valence electrons. The van der Waals surface area contributed by atoms with Gasteiger partial charge in [-0.25, -0.2) is 4.98 Å². The number of hydrogen-bond acceptors (Lipinski definition) is 7. The Balaban J connectivity index is 2.83. The van der Waals surface area contributed by atoms with E-state index in [0.29, 0.717) is 6.54 Å². The number of anilines is 1. The van der Waals surface area contributed by atoms with E-state index in [4.69, 9.17) is 9.84 Å². The van der Waals surface area contributed by atoms with Crippen LogP contribution < -0.4 is 9.64 Å². The molecule has 0 saturated heterocycles. The fourth-order valence-corrected chi connectivity index (χ4v) is 1.69. The molecule has 1 rings (SSSR count). The van der Waals surface area contributed by atoms with Crippen LogP contribution in [0.4, 0.5) is 11.5 Å². The summed E-state index contributed by atoms with van der Waals surface area (Å²) in [5.41, 5.74) is -0.227. The number of rotatable bonds is 8. The normalized spacial score (nSPS) is 10.3. The van der Waals surface area contributed by atoms with Crippen molar-refractivity contribution in [3.63, 3.8) is 0 Å². The highest BCUT2D eigenvalue weighted by Crippen LogP contribution is 2.32. The van der Waals surface area contributed by atoms with E-state index in [0.717, 1.165) is 19.3 Å². The summed E-state index contributed by atoms with van der Waals surface area (Å²) in [6, 6.07) is 0. The third-order valence-electron chi connectivity index (χ3n) is 2.66. The monoisotopic (exact) mass is 270 g/mol. The van der Waals surface area contributed by atoms with E-state index >= 15 is 0 Å². The molecule has 0 unspecified atom stereocenters. The van der Waals surface area contributed by atoms with Gasteiger partial charge in [-0.2, -0.15) is 4.98 Å². The van der Waals surface area contributed by atoms with Crippen molar-refractivity contribution in [1.82, 2.24) is 9.97 Å². The fourth-order valence-electron chi connectivity index (χ4n) is 1.69. The fraction of sp³-hybridized carbons (Fsp3) is 0.636. The maximum Gasteiger partial charge on any atom is 0.372 e. The summed E-state index contributed by atoms with van der Waals surface area (Å²) < 4.78 is 4.89. The number of nitro groups is 1. The summed E-state index contributed by atoms with van der Waals surface area (Å²) in [5, 5.41) is 19.8. The minimum atomic E-state index is -0.543. The van der Waals surface area contributed by atoms with Crippen molar-refractivity contribution in [1.29, 1.82) is 0 Å². The van der Waals surface area contributed by atoms with Crippen molar-refractivity contribution >= 4 is 11.5 Å². The first-order valence-corrected chi connectivity index (χ1v) is 5.97. The molecule has 1 aromatic heterocycles. The van der Waals surface area contributed by atoms with Gasteiger partial charge < -0.3 is 14.7 Å². The van der Waals surface area contributed by atoms with Crippen molar-refractivity contribution in [3.8, 4) is 5.88 Å². The number of methoxy groups -OCH3 is 1. The average molecular weight is 270 g/mol. The SMILES string of the molecule is COc1ncnc(N(C)CCCCCO)c1[N+](=O)[O-]. The zero-order valence-corrected chi connectivity index (χ0v) is 11.1. The van der Waals surface area contributed by atoms with Crippen LogP contribution in [-0.4, -0.2) is 47.3 Å². The lowest BCUT2D eigenvalue weighted by Gasteiger charge is -2.17. The number of unbranched alkanes of at least 4 members (excludes halogenated alkanes) is 2. The standard InChI is InChI=1S/C11H18N4O4/c1-14(6-4-3-5-7-16)10-9(15(17)18)11(19-2)13-8-12-10/h8,16H,3-7H2,1-2H3. The number of aliphatic hydroxyl groups is 1. The molecule has 1 N–H and O–H groups in total. The van der Waals surface area contributed by atoms with E-state index in [1.807, 2.05) is 0 Å². The predicted octanol–water partition coefficient (Wildman–Crippen LogP) is 0.992. The molecule has 1 heterocycles. The van der Waals surface area contributed by atoms with Gasteiger partial charge in [0.25, 0.3) is 5.88 Å². The summed E-state index contributed by atoms with van der Waals surface area (Å²) in [7, 11) is 3.06. The summed E-state index contributed by atoms with van der Waals surface area (Å²) in [4.78, 5) is 19.9. The Hall–Kier alpha value is -1.96. The Morgan fingerprint density at radius 2 is 2.16 bits per heavy atom. The van der Waals surface area contributed by atoms with E-state index in [-0.39, 0.29) is 24.0 Å². The Kier molecular flexibility index (Phi) is 5.94. The van der Waals surface area contributed by atoms with Crippen molar-refractivity contribution < 1.29 is 14.8 Å². The molecule has 0 saturated carbocycles. The van der Waals surface area contributed by atoms with Crippen LogP contribution in [0.5, 0.6) is 5.88 Å². The Bertz CT molecular complexity index is 427. The van der Waals surface area contributed by atoms with Crippen LogP contribution in [0.3, 0.4) is 0 Å². The van der Waals surface area contributed by atoms with Gasteiger partial charge in [-0.05, 0) is 19.3 Å². The smallest absolute Gasteiger partial charge is 0.372 e. The van der Waals surface area contributed by atoms with E-state index in [1.54, 1.807) is 11.9 Å². The largest absolute Gasteiger partial charge is 0.476 e. The van der Waals surface area contributed by atoms with Crippen LogP contribution in [0.15, 0.2) is 6.33 Å². The maximum absolute atomic E-state index is 11.1. The molecule has 0 bridgehead atoms. The van der Waals surface area contributed by atoms with Crippen LogP contribution in [0.25, 0.3) is 0 Å². The zero-order valence-electron chi connectivity index (χ0n) is 11.1. The zero-order chi connectivity index (χ0) is 14.3. The molecule has 8 heteroatoms. The highest BCUT2D eigenvalue weighted by molar-refractivity contribution is 5.62. The predicted molar refractivity (Wildman–Crippen MR) is 69.4 cm³/mol. The van der Waals surface area contributed by atoms with Gasteiger partial charge >= 0.3 is 5.69 Å². The Morgan fingerprint density at radius 3 is 2.74 bits per heavy atom. The van der Waals surface area contributed by atoms with Crippen LogP contribution in [0, 0.1) is 10.1 Å². The highest BCUT2D eigenvalue weighted by atomic mass is 16.6. The average Bonchev–Trinajstić information content (AvgIpc) is 2.42. The van der Waals surface area contributed by atoms with Gasteiger partial charge in [-0.1, -0.05) is 0 Å². The van der Waals surface area contributed by atoms with Crippen molar-refractivity contribution in [3.05, 3.63) is 16.4 Å². The molecule has 0 aliphatic heterocycles. The van der Waals surface area contributed by atoms with Gasteiger partial charge in [0.1, 0.15) is 6.33 Å². The second-order valence-corrected chi connectivity index (χ2v) is 4.02. The lowest BCUT2D eigenvalue weighted by molar-refractivity contribution is -0.385. The van der Waals surface area contributed by atoms with Gasteiger partial charge in [-0.15, -0.1) is 0 Å². The second-order valence-electron chi connectivity index (χ2n) is 4.02. The molecule has 8 nitrogen and oxygen atoms in total. The lowest BCUT2D eigenvalue weighted by atomic mass is 10.2. The Labute approximate surface area is 111 Å². The molecule has 0 aliphatic carbocycles. The first-order chi connectivity index (χ1) is 9.11. The molecule has 19 heavy (non-hydrogen) atoms. The number of ether oxygens (including phenoxy) is 1. The van der Waals surface area contributed by atoms with Crippen molar-refractivity contribution in [2.45, 2.75) is 19.3 Å². The number of aromatic nitrogens is 2. The summed E-state index contributed by atoms with van der Waals surface area (Å²) in [5.74, 6) is 0.193. The van der Waals surface area contributed by atoms with Gasteiger partial charge in [0.05, 0.1) is 12.0 Å². The molecule has 0 atom stereocenters. The lowest BCUT2D eigenvalue weighted by Crippen LogP contribution is -2.21. The molecule has 0 amide bonds. The second kappa shape index (κ2) is 7.47. The number of hydrogen-bond donors (Lipinski definition) is 1. The molecule has 0 radical (unpaired) electrons. The molecular formula is C11H18N4O4. The molecule has 0 aliphatic rings. The van der Waals surface area contributed by atoms with E-state index in [2.05, 4.69) is 9.97 Å². The van der Waals surface area contributed by atoms with Gasteiger partial charge in [-0.3, -0.25) is 10.1 Å². The van der Waals surface area contributed by atoms with Gasteiger partial charge in [0, 0.05) is 20.2 Å². The number of nitrogens with zero attached hydrogens (tertiary/aromatic N) is 4. The third-order valence-corrected chi connectivity index (χ3v) is 2.66. The first-order valence-electron chi connectivity index (χ1n) is 5.97. The molecule has 1 aromatic rings. The topological polar surface area (TPSA) is 102 Å². The quantitative estimate of drug-likeness (QED) is 0.427. The maximum atomic E-state index is 11.1. The highest BCUT2D eigenvalue weighted by Gasteiger charge is 2.26. The van der Waals surface area contributed by atoms with Crippen molar-refractivity contribution in [2.24, 2.45) is 0 Å². The first kappa shape index (κ1) is 15.1. The van der Waals surface area contributed by atoms with E-state index in [9.17, 15) is 10.1 Å². The molecular weight excluding hydrogens is 252 g/mol. The van der Waals surface area contributed by atoms with Crippen LogP contribution in [0.1, 0.15) is 19.3 Å². The summed E-state index contributed by atoms with van der Waals surface area (Å²) in [6.07, 6.45) is 3.64.